The van der Waals surface area contributed by atoms with Crippen LogP contribution < -0.4 is 5.73 Å². The number of amides is 1. The zero-order chi connectivity index (χ0) is 22.7. The van der Waals surface area contributed by atoms with Gasteiger partial charge in [0.2, 0.25) is 5.91 Å². The van der Waals surface area contributed by atoms with Crippen LogP contribution in [0.25, 0.3) is 0 Å². The molecule has 0 saturated carbocycles. The standard InChI is InChI=1S/C29H57NO/c1-2-3-4-5-6-7-8-9-10-11-12-13-14-15-16-17-18-19-20-21-22-23-24-25-26-27-28-29(30)31/h19-20H,2-18,21-28H2,1H3,(H2,30,31)/b20-19-. The molecule has 0 aliphatic heterocycles. The Morgan fingerprint density at radius 3 is 1.10 bits per heavy atom. The average Bonchev–Trinajstić information content (AvgIpc) is 2.76. The molecular formula is C29H57NO. The van der Waals surface area contributed by atoms with Crippen molar-refractivity contribution >= 4 is 5.91 Å². The zero-order valence-corrected chi connectivity index (χ0v) is 21.3. The van der Waals surface area contributed by atoms with Crippen molar-refractivity contribution in [1.29, 1.82) is 0 Å². The molecule has 0 unspecified atom stereocenters. The molecule has 0 atom stereocenters. The minimum atomic E-state index is -0.158. The maximum absolute atomic E-state index is 10.7. The van der Waals surface area contributed by atoms with Crippen LogP contribution >= 0.6 is 0 Å². The van der Waals surface area contributed by atoms with E-state index in [1.165, 1.54) is 141 Å². The summed E-state index contributed by atoms with van der Waals surface area (Å²) in [5, 5.41) is 0. The van der Waals surface area contributed by atoms with Gasteiger partial charge in [-0.3, -0.25) is 4.79 Å². The molecule has 0 bridgehead atoms. The van der Waals surface area contributed by atoms with E-state index in [0.717, 1.165) is 12.8 Å². The summed E-state index contributed by atoms with van der Waals surface area (Å²) in [6, 6.07) is 0. The highest BCUT2D eigenvalue weighted by molar-refractivity contribution is 5.73. The molecule has 2 heteroatoms. The molecule has 2 nitrogen and oxygen atoms in total. The van der Waals surface area contributed by atoms with Gasteiger partial charge in [-0.1, -0.05) is 141 Å². The number of carbonyl (C=O) groups excluding carboxylic acids is 1. The Bertz CT molecular complexity index is 377. The SMILES string of the molecule is CCCCCCCCCCCCCCCCCC/C=C\CCCCCCCCC(N)=O. The number of hydrogen-bond donors (Lipinski definition) is 1. The van der Waals surface area contributed by atoms with Crippen molar-refractivity contribution < 1.29 is 4.79 Å². The molecule has 0 aromatic heterocycles. The fourth-order valence-corrected chi connectivity index (χ4v) is 4.31. The fraction of sp³-hybridized carbons (Fsp3) is 0.897. The lowest BCUT2D eigenvalue weighted by molar-refractivity contribution is -0.118. The number of primary amides is 1. The fourth-order valence-electron chi connectivity index (χ4n) is 4.31. The van der Waals surface area contributed by atoms with E-state index in [0.29, 0.717) is 6.42 Å². The molecule has 0 aliphatic carbocycles. The third kappa shape index (κ3) is 29.2. The maximum Gasteiger partial charge on any atom is 0.217 e. The van der Waals surface area contributed by atoms with Crippen molar-refractivity contribution in [2.75, 3.05) is 0 Å². The molecule has 0 aliphatic rings. The van der Waals surface area contributed by atoms with Crippen molar-refractivity contribution in [2.45, 2.75) is 167 Å². The Kier molecular flexibility index (Phi) is 26.5. The Morgan fingerprint density at radius 1 is 0.484 bits per heavy atom. The lowest BCUT2D eigenvalue weighted by Crippen LogP contribution is -2.09. The van der Waals surface area contributed by atoms with E-state index in [9.17, 15) is 4.79 Å². The van der Waals surface area contributed by atoms with Crippen molar-refractivity contribution in [3.8, 4) is 0 Å². The second-order valence-electron chi connectivity index (χ2n) is 9.69. The lowest BCUT2D eigenvalue weighted by Gasteiger charge is -2.03. The van der Waals surface area contributed by atoms with Gasteiger partial charge in [0.25, 0.3) is 0 Å². The van der Waals surface area contributed by atoms with Gasteiger partial charge in [-0.05, 0) is 32.1 Å². The van der Waals surface area contributed by atoms with Gasteiger partial charge in [-0.15, -0.1) is 0 Å². The Balaban J connectivity index is 3.07. The predicted octanol–water partition coefficient (Wildman–Crippen LogP) is 9.80. The molecule has 184 valence electrons. The van der Waals surface area contributed by atoms with E-state index < -0.39 is 0 Å². The highest BCUT2D eigenvalue weighted by atomic mass is 16.1. The molecular weight excluding hydrogens is 378 g/mol. The summed E-state index contributed by atoms with van der Waals surface area (Å²) in [5.41, 5.74) is 5.15. The first-order valence-corrected chi connectivity index (χ1v) is 14.2. The molecule has 0 radical (unpaired) electrons. The van der Waals surface area contributed by atoms with Crippen molar-refractivity contribution in [3.05, 3.63) is 12.2 Å². The molecule has 1 amide bonds. The van der Waals surface area contributed by atoms with Crippen LogP contribution in [0.1, 0.15) is 167 Å². The largest absolute Gasteiger partial charge is 0.370 e. The van der Waals surface area contributed by atoms with Crippen molar-refractivity contribution in [3.63, 3.8) is 0 Å². The molecule has 2 N–H and O–H groups in total. The molecule has 0 heterocycles. The highest BCUT2D eigenvalue weighted by Crippen LogP contribution is 2.14. The third-order valence-electron chi connectivity index (χ3n) is 6.43. The van der Waals surface area contributed by atoms with Gasteiger partial charge in [0.05, 0.1) is 0 Å². The Hall–Kier alpha value is -0.790. The zero-order valence-electron chi connectivity index (χ0n) is 21.3. The van der Waals surface area contributed by atoms with Gasteiger partial charge >= 0.3 is 0 Å². The summed E-state index contributed by atoms with van der Waals surface area (Å²) in [5.74, 6) is -0.158. The minimum Gasteiger partial charge on any atom is -0.370 e. The molecule has 0 aromatic carbocycles. The van der Waals surface area contributed by atoms with Crippen LogP contribution in [0.5, 0.6) is 0 Å². The molecule has 0 rings (SSSR count). The van der Waals surface area contributed by atoms with Crippen LogP contribution in [0.15, 0.2) is 12.2 Å². The molecule has 0 saturated heterocycles. The minimum absolute atomic E-state index is 0.158. The van der Waals surface area contributed by atoms with Crippen molar-refractivity contribution in [2.24, 2.45) is 5.73 Å². The van der Waals surface area contributed by atoms with E-state index in [1.54, 1.807) is 0 Å². The topological polar surface area (TPSA) is 43.1 Å². The van der Waals surface area contributed by atoms with Crippen LogP contribution in [0, 0.1) is 0 Å². The monoisotopic (exact) mass is 435 g/mol. The van der Waals surface area contributed by atoms with E-state index in [-0.39, 0.29) is 5.91 Å². The maximum atomic E-state index is 10.7. The first-order chi connectivity index (χ1) is 15.3. The number of hydrogen-bond acceptors (Lipinski definition) is 1. The quantitative estimate of drug-likeness (QED) is 0.107. The number of rotatable bonds is 26. The second kappa shape index (κ2) is 27.2. The molecule has 31 heavy (non-hydrogen) atoms. The van der Waals surface area contributed by atoms with Crippen LogP contribution in [-0.2, 0) is 4.79 Å². The van der Waals surface area contributed by atoms with Crippen molar-refractivity contribution in [1.82, 2.24) is 0 Å². The summed E-state index contributed by atoms with van der Waals surface area (Å²) >= 11 is 0. The van der Waals surface area contributed by atoms with Crippen LogP contribution in [0.3, 0.4) is 0 Å². The third-order valence-corrected chi connectivity index (χ3v) is 6.43. The molecule has 0 spiro atoms. The van der Waals surface area contributed by atoms with Crippen LogP contribution in [-0.4, -0.2) is 5.91 Å². The highest BCUT2D eigenvalue weighted by Gasteiger charge is 1.96. The van der Waals surface area contributed by atoms with E-state index >= 15 is 0 Å². The van der Waals surface area contributed by atoms with Gasteiger partial charge in [0.15, 0.2) is 0 Å². The van der Waals surface area contributed by atoms with E-state index in [4.69, 9.17) is 5.73 Å². The summed E-state index contributed by atoms with van der Waals surface area (Å²) in [6.07, 6.45) is 38.2. The first kappa shape index (κ1) is 30.2. The number of nitrogens with two attached hydrogens (primary N) is 1. The average molecular weight is 436 g/mol. The number of unbranched alkanes of at least 4 members (excludes halogenated alkanes) is 22. The smallest absolute Gasteiger partial charge is 0.217 e. The summed E-state index contributed by atoms with van der Waals surface area (Å²) in [4.78, 5) is 10.7. The van der Waals surface area contributed by atoms with Gasteiger partial charge in [0, 0.05) is 6.42 Å². The summed E-state index contributed by atoms with van der Waals surface area (Å²) in [6.45, 7) is 2.29. The first-order valence-electron chi connectivity index (χ1n) is 14.2. The van der Waals surface area contributed by atoms with Crippen LogP contribution in [0.4, 0.5) is 0 Å². The van der Waals surface area contributed by atoms with Crippen LogP contribution in [0.2, 0.25) is 0 Å². The molecule has 0 fully saturated rings. The summed E-state index contributed by atoms with van der Waals surface area (Å²) < 4.78 is 0. The van der Waals surface area contributed by atoms with E-state index in [1.807, 2.05) is 0 Å². The lowest BCUT2D eigenvalue weighted by atomic mass is 10.0. The van der Waals surface area contributed by atoms with Gasteiger partial charge in [-0.25, -0.2) is 0 Å². The normalized spacial score (nSPS) is 11.5. The molecule has 0 aromatic rings. The van der Waals surface area contributed by atoms with Gasteiger partial charge in [-0.2, -0.15) is 0 Å². The second-order valence-corrected chi connectivity index (χ2v) is 9.69. The predicted molar refractivity (Wildman–Crippen MR) is 139 cm³/mol. The van der Waals surface area contributed by atoms with Gasteiger partial charge < -0.3 is 5.73 Å². The van der Waals surface area contributed by atoms with E-state index in [2.05, 4.69) is 19.1 Å². The number of carbonyl (C=O) groups is 1. The Labute approximate surface area is 196 Å². The Morgan fingerprint density at radius 2 is 0.774 bits per heavy atom. The summed E-state index contributed by atoms with van der Waals surface area (Å²) in [7, 11) is 0. The van der Waals surface area contributed by atoms with Gasteiger partial charge in [0.1, 0.15) is 0 Å². The number of allylic oxidation sites excluding steroid dienone is 2.